The lowest BCUT2D eigenvalue weighted by molar-refractivity contribution is 0.629. The van der Waals surface area contributed by atoms with Gasteiger partial charge in [0.05, 0.1) is 34.9 Å². The smallest absolute Gasteiger partial charge is 0.147 e. The molecule has 1 heterocycles. The van der Waals surface area contributed by atoms with Gasteiger partial charge in [0.15, 0.2) is 0 Å². The van der Waals surface area contributed by atoms with E-state index in [-0.39, 0.29) is 5.82 Å². The number of fused-ring (bicyclic) bond motifs is 14. The van der Waals surface area contributed by atoms with Crippen molar-refractivity contribution >= 4 is 55.7 Å². The molecule has 16 rings (SSSR count). The van der Waals surface area contributed by atoms with E-state index in [2.05, 4.69) is 244 Å². The second-order valence-electron chi connectivity index (χ2n) is 20.5. The van der Waals surface area contributed by atoms with Crippen molar-refractivity contribution in [1.82, 2.24) is 9.97 Å². The number of para-hydroxylation sites is 2. The van der Waals surface area contributed by atoms with E-state index in [0.29, 0.717) is 5.69 Å². The Bertz CT molecular complexity index is 4480. The van der Waals surface area contributed by atoms with Gasteiger partial charge in [-0.15, -0.1) is 0 Å². The fraction of sp³-hybridized carbons (Fsp3) is 0.0137. The van der Waals surface area contributed by atoms with Gasteiger partial charge < -0.3 is 9.80 Å². The van der Waals surface area contributed by atoms with Crippen molar-refractivity contribution in [3.8, 4) is 66.8 Å². The summed E-state index contributed by atoms with van der Waals surface area (Å²) in [6.45, 7) is 0. The molecule has 0 saturated carbocycles. The van der Waals surface area contributed by atoms with Crippen LogP contribution in [-0.2, 0) is 5.41 Å². The molecule has 0 unspecified atom stereocenters. The van der Waals surface area contributed by atoms with Gasteiger partial charge in [0.25, 0.3) is 0 Å². The maximum atomic E-state index is 16.8. The third-order valence-electron chi connectivity index (χ3n) is 16.6. The zero-order chi connectivity index (χ0) is 51.5. The van der Waals surface area contributed by atoms with Crippen LogP contribution in [0.1, 0.15) is 22.3 Å². The molecule has 0 bridgehead atoms. The number of benzene rings is 12. The predicted molar refractivity (Wildman–Crippen MR) is 318 cm³/mol. The summed E-state index contributed by atoms with van der Waals surface area (Å²) in [5, 5.41) is 4.79. The van der Waals surface area contributed by atoms with Crippen LogP contribution >= 0.6 is 0 Å². The molecule has 3 aliphatic rings. The van der Waals surface area contributed by atoms with E-state index in [9.17, 15) is 0 Å². The number of nitrogens with zero attached hydrogens (tertiary/aromatic N) is 4. The molecule has 4 nitrogen and oxygen atoms in total. The Labute approximate surface area is 451 Å². The molecule has 0 N–H and O–H groups in total. The summed E-state index contributed by atoms with van der Waals surface area (Å²) >= 11 is 0. The largest absolute Gasteiger partial charge is 0.308 e. The number of aromatic nitrogens is 2. The summed E-state index contributed by atoms with van der Waals surface area (Å²) in [7, 11) is 0. The zero-order valence-corrected chi connectivity index (χ0v) is 42.1. The fourth-order valence-electron chi connectivity index (χ4n) is 13.7. The van der Waals surface area contributed by atoms with E-state index < -0.39 is 5.41 Å². The van der Waals surface area contributed by atoms with Gasteiger partial charge in [0.2, 0.25) is 0 Å². The molecule has 0 atom stereocenters. The van der Waals surface area contributed by atoms with Crippen LogP contribution in [0.3, 0.4) is 0 Å². The van der Waals surface area contributed by atoms with Crippen LogP contribution in [0.2, 0.25) is 0 Å². The van der Waals surface area contributed by atoms with Gasteiger partial charge in [-0.3, -0.25) is 0 Å². The summed E-state index contributed by atoms with van der Waals surface area (Å²) in [4.78, 5) is 13.1. The summed E-state index contributed by atoms with van der Waals surface area (Å²) in [6.07, 6.45) is 5.27. The highest BCUT2D eigenvalue weighted by Gasteiger charge is 2.52. The number of halogens is 1. The molecule has 1 spiro atoms. The summed E-state index contributed by atoms with van der Waals surface area (Å²) in [5.74, 6) is -0.295. The van der Waals surface area contributed by atoms with Gasteiger partial charge in [0, 0.05) is 22.6 Å². The van der Waals surface area contributed by atoms with E-state index >= 15 is 4.39 Å². The maximum Gasteiger partial charge on any atom is 0.147 e. The van der Waals surface area contributed by atoms with Gasteiger partial charge in [-0.2, -0.15) is 0 Å². The lowest BCUT2D eigenvalue weighted by Gasteiger charge is -2.32. The molecule has 0 radical (unpaired) electrons. The van der Waals surface area contributed by atoms with Crippen LogP contribution < -0.4 is 9.80 Å². The molecule has 13 aromatic rings. The van der Waals surface area contributed by atoms with Crippen molar-refractivity contribution in [3.05, 3.63) is 302 Å². The summed E-state index contributed by atoms with van der Waals surface area (Å²) < 4.78 is 16.8. The lowest BCUT2D eigenvalue weighted by Crippen LogP contribution is -2.26. The monoisotopic (exact) mass is 996 g/mol. The number of hydrogen-bond donors (Lipinski definition) is 0. The Morgan fingerprint density at radius 1 is 0.308 bits per heavy atom. The molecular weight excluding hydrogens is 952 g/mol. The molecule has 364 valence electrons. The fourth-order valence-corrected chi connectivity index (χ4v) is 13.7. The first-order valence-electron chi connectivity index (χ1n) is 26.6. The SMILES string of the molecule is Fc1ccccc1N(c1ccc(-c2c3c(c(-c4ccc(N(c5ccccc5)c5cncnc5)cc4)c4ccccc24)-c2cccc4cccc-3c24)cc1)c1cccc2c1-c1ccccc1C21c2ccccc2-c2ccccc21. The molecule has 0 fully saturated rings. The van der Waals surface area contributed by atoms with Crippen molar-refractivity contribution in [2.24, 2.45) is 0 Å². The van der Waals surface area contributed by atoms with Crippen LogP contribution in [0.4, 0.5) is 38.5 Å². The molecule has 0 amide bonds. The highest BCUT2D eigenvalue weighted by Crippen LogP contribution is 2.65. The van der Waals surface area contributed by atoms with E-state index in [1.807, 2.05) is 30.6 Å². The molecule has 0 saturated heterocycles. The van der Waals surface area contributed by atoms with Crippen LogP contribution in [0.5, 0.6) is 0 Å². The Hall–Kier alpha value is -10.2. The number of rotatable bonds is 8. The summed E-state index contributed by atoms with van der Waals surface area (Å²) in [6, 6.07) is 90.8. The Morgan fingerprint density at radius 2 is 0.756 bits per heavy atom. The number of anilines is 6. The first-order chi connectivity index (χ1) is 38.7. The normalized spacial score (nSPS) is 12.8. The highest BCUT2D eigenvalue weighted by atomic mass is 19.1. The minimum Gasteiger partial charge on any atom is -0.308 e. The van der Waals surface area contributed by atoms with Crippen LogP contribution in [0, 0.1) is 5.82 Å². The molecule has 5 heteroatoms. The van der Waals surface area contributed by atoms with Gasteiger partial charge in [-0.1, -0.05) is 200 Å². The van der Waals surface area contributed by atoms with Crippen molar-refractivity contribution in [1.29, 1.82) is 0 Å². The van der Waals surface area contributed by atoms with Crippen molar-refractivity contribution in [2.45, 2.75) is 5.41 Å². The summed E-state index contributed by atoms with van der Waals surface area (Å²) in [5.41, 5.74) is 23.8. The average Bonchev–Trinajstić information content (AvgIpc) is 2.65. The Kier molecular flexibility index (Phi) is 9.70. The molecule has 78 heavy (non-hydrogen) atoms. The predicted octanol–water partition coefficient (Wildman–Crippen LogP) is 19.2. The van der Waals surface area contributed by atoms with E-state index in [4.69, 9.17) is 0 Å². The van der Waals surface area contributed by atoms with Gasteiger partial charge in [-0.25, -0.2) is 14.4 Å². The van der Waals surface area contributed by atoms with Gasteiger partial charge >= 0.3 is 0 Å². The first kappa shape index (κ1) is 44.1. The van der Waals surface area contributed by atoms with Crippen molar-refractivity contribution in [3.63, 3.8) is 0 Å². The number of hydrogen-bond acceptors (Lipinski definition) is 4. The third-order valence-corrected chi connectivity index (χ3v) is 16.6. The van der Waals surface area contributed by atoms with Crippen molar-refractivity contribution < 1.29 is 4.39 Å². The van der Waals surface area contributed by atoms with E-state index in [1.165, 1.54) is 82.9 Å². The van der Waals surface area contributed by atoms with Crippen LogP contribution in [0.15, 0.2) is 274 Å². The second kappa shape index (κ2) is 17.2. The van der Waals surface area contributed by atoms with Gasteiger partial charge in [0.1, 0.15) is 12.1 Å². The highest BCUT2D eigenvalue weighted by molar-refractivity contribution is 6.27. The minimum absolute atomic E-state index is 0.295. The standard InChI is InChI=1S/C73H45FN4/c74-64-32-12-13-33-65(64)78(66-34-16-31-63-70(66)57-25-8-11-30-62(57)73(63)60-28-9-6-21-53(60)54-22-7-10-29-61(54)73)51-41-37-48(38-42-51)69-56-24-5-4-23-55(56)68(71-58-26-14-17-46-18-15-27-59(67(46)58)72(69)71)47-35-39-50(40-36-47)77(49-19-2-1-3-20-49)52-43-75-45-76-44-52/h1-45H. The quantitative estimate of drug-likeness (QED) is 0.152. The van der Waals surface area contributed by atoms with Crippen LogP contribution in [-0.4, -0.2) is 9.97 Å². The maximum absolute atomic E-state index is 16.8. The molecule has 12 aromatic carbocycles. The zero-order valence-electron chi connectivity index (χ0n) is 42.1. The topological polar surface area (TPSA) is 32.3 Å². The lowest BCUT2D eigenvalue weighted by atomic mass is 9.70. The molecule has 3 aliphatic carbocycles. The van der Waals surface area contributed by atoms with E-state index in [0.717, 1.165) is 56.1 Å². The Balaban J connectivity index is 0.889. The average molecular weight is 997 g/mol. The molecule has 1 aromatic heterocycles. The Morgan fingerprint density at radius 3 is 1.36 bits per heavy atom. The van der Waals surface area contributed by atoms with Crippen molar-refractivity contribution in [2.75, 3.05) is 9.80 Å². The first-order valence-corrected chi connectivity index (χ1v) is 26.6. The van der Waals surface area contributed by atoms with Crippen LogP contribution in [0.25, 0.3) is 88.3 Å². The minimum atomic E-state index is -0.546. The van der Waals surface area contributed by atoms with E-state index in [1.54, 1.807) is 18.5 Å². The second-order valence-corrected chi connectivity index (χ2v) is 20.5. The third kappa shape index (κ3) is 6.21. The molecule has 0 aliphatic heterocycles. The molecular formula is C73H45FN4. The van der Waals surface area contributed by atoms with Gasteiger partial charge in [-0.05, 0) is 160 Å².